The average Bonchev–Trinajstić information content (AvgIpc) is 2.63. The monoisotopic (exact) mass is 357 g/mol. The van der Waals surface area contributed by atoms with Crippen molar-refractivity contribution in [2.24, 2.45) is 5.92 Å². The van der Waals surface area contributed by atoms with Crippen LogP contribution in [-0.2, 0) is 0 Å². The summed E-state index contributed by atoms with van der Waals surface area (Å²) in [6.07, 6.45) is 5.48. The van der Waals surface area contributed by atoms with Gasteiger partial charge in [0.25, 0.3) is 0 Å². The van der Waals surface area contributed by atoms with Crippen LogP contribution in [0.5, 0.6) is 5.75 Å². The Morgan fingerprint density at radius 2 is 2.04 bits per heavy atom. The summed E-state index contributed by atoms with van der Waals surface area (Å²) in [4.78, 5) is 7.17. The Bertz CT molecular complexity index is 671. The molecule has 4 heteroatoms. The van der Waals surface area contributed by atoms with E-state index in [4.69, 9.17) is 4.74 Å². The largest absolute Gasteiger partial charge is 0.497 e. The van der Waals surface area contributed by atoms with Crippen molar-refractivity contribution in [1.82, 2.24) is 9.88 Å². The summed E-state index contributed by atoms with van der Waals surface area (Å²) in [7, 11) is 1.71. The Morgan fingerprint density at radius 1 is 1.23 bits per heavy atom. The zero-order valence-electron chi connectivity index (χ0n) is 17.1. The third-order valence-corrected chi connectivity index (χ3v) is 4.78. The van der Waals surface area contributed by atoms with E-state index in [2.05, 4.69) is 49.0 Å². The van der Waals surface area contributed by atoms with E-state index in [-0.39, 0.29) is 0 Å². The third-order valence-electron chi connectivity index (χ3n) is 4.78. The lowest BCUT2D eigenvalue weighted by Crippen LogP contribution is -2.37. The first-order valence-corrected chi connectivity index (χ1v) is 9.95. The molecule has 0 bridgehead atoms. The van der Waals surface area contributed by atoms with Crippen LogP contribution in [0.25, 0.3) is 10.9 Å². The number of hydrogen-bond acceptors (Lipinski definition) is 4. The SMILES string of the molecule is CCCC(C)N(CCCNc1cc(OC)cc2cccnc12)CC(C)C. The minimum Gasteiger partial charge on any atom is -0.497 e. The van der Waals surface area contributed by atoms with Crippen LogP contribution in [0.15, 0.2) is 30.5 Å². The minimum absolute atomic E-state index is 0.654. The number of methoxy groups -OCH3 is 1. The number of pyridine rings is 1. The molecular formula is C22H35N3O. The fourth-order valence-corrected chi connectivity index (χ4v) is 3.48. The summed E-state index contributed by atoms with van der Waals surface area (Å²) in [5.74, 6) is 1.57. The Balaban J connectivity index is 1.97. The van der Waals surface area contributed by atoms with Crippen molar-refractivity contribution in [2.45, 2.75) is 53.0 Å². The molecule has 0 aliphatic carbocycles. The number of nitrogens with one attached hydrogen (secondary N) is 1. The molecule has 0 saturated heterocycles. The van der Waals surface area contributed by atoms with Crippen molar-refractivity contribution in [3.8, 4) is 5.75 Å². The third kappa shape index (κ3) is 5.87. The number of fused-ring (bicyclic) bond motifs is 1. The first-order valence-electron chi connectivity index (χ1n) is 9.95. The topological polar surface area (TPSA) is 37.4 Å². The lowest BCUT2D eigenvalue weighted by atomic mass is 10.1. The maximum Gasteiger partial charge on any atom is 0.121 e. The first-order chi connectivity index (χ1) is 12.5. The molecule has 2 aromatic rings. The van der Waals surface area contributed by atoms with E-state index in [1.165, 1.54) is 19.4 Å². The number of nitrogens with zero attached hydrogens (tertiary/aromatic N) is 2. The van der Waals surface area contributed by atoms with Crippen LogP contribution in [0.4, 0.5) is 5.69 Å². The van der Waals surface area contributed by atoms with Gasteiger partial charge in [-0.3, -0.25) is 4.98 Å². The molecule has 0 aliphatic rings. The molecule has 2 rings (SSSR count). The highest BCUT2D eigenvalue weighted by Crippen LogP contribution is 2.27. The Kier molecular flexibility index (Phi) is 8.17. The molecule has 1 atom stereocenters. The van der Waals surface area contributed by atoms with Gasteiger partial charge in [0.2, 0.25) is 0 Å². The quantitative estimate of drug-likeness (QED) is 0.561. The molecule has 0 spiro atoms. The molecule has 1 N–H and O–H groups in total. The lowest BCUT2D eigenvalue weighted by Gasteiger charge is -2.30. The van der Waals surface area contributed by atoms with Crippen molar-refractivity contribution in [1.29, 1.82) is 0 Å². The maximum absolute atomic E-state index is 5.43. The minimum atomic E-state index is 0.654. The second-order valence-corrected chi connectivity index (χ2v) is 7.56. The van der Waals surface area contributed by atoms with Gasteiger partial charge in [0.1, 0.15) is 5.75 Å². The normalized spacial score (nSPS) is 12.7. The molecule has 1 unspecified atom stereocenters. The van der Waals surface area contributed by atoms with Gasteiger partial charge in [-0.05, 0) is 37.8 Å². The summed E-state index contributed by atoms with van der Waals surface area (Å²) >= 11 is 0. The van der Waals surface area contributed by atoms with Gasteiger partial charge in [-0.2, -0.15) is 0 Å². The van der Waals surface area contributed by atoms with Crippen LogP contribution < -0.4 is 10.1 Å². The fourth-order valence-electron chi connectivity index (χ4n) is 3.48. The van der Waals surface area contributed by atoms with Crippen LogP contribution in [0.2, 0.25) is 0 Å². The Hall–Kier alpha value is -1.81. The zero-order valence-corrected chi connectivity index (χ0v) is 17.1. The number of hydrogen-bond donors (Lipinski definition) is 1. The van der Waals surface area contributed by atoms with Crippen molar-refractivity contribution >= 4 is 16.6 Å². The molecule has 1 heterocycles. The van der Waals surface area contributed by atoms with Crippen LogP contribution >= 0.6 is 0 Å². The van der Waals surface area contributed by atoms with Gasteiger partial charge in [0.05, 0.1) is 18.3 Å². The molecule has 144 valence electrons. The summed E-state index contributed by atoms with van der Waals surface area (Å²) in [6, 6.07) is 8.77. The molecule has 26 heavy (non-hydrogen) atoms. The molecule has 4 nitrogen and oxygen atoms in total. The smallest absolute Gasteiger partial charge is 0.121 e. The van der Waals surface area contributed by atoms with Gasteiger partial charge >= 0.3 is 0 Å². The second-order valence-electron chi connectivity index (χ2n) is 7.56. The van der Waals surface area contributed by atoms with Crippen molar-refractivity contribution in [3.63, 3.8) is 0 Å². The van der Waals surface area contributed by atoms with E-state index in [1.54, 1.807) is 7.11 Å². The number of anilines is 1. The fraction of sp³-hybridized carbons (Fsp3) is 0.591. The lowest BCUT2D eigenvalue weighted by molar-refractivity contribution is 0.177. The average molecular weight is 358 g/mol. The Labute approximate surface area is 159 Å². The molecule has 1 aromatic carbocycles. The van der Waals surface area contributed by atoms with Crippen LogP contribution in [-0.4, -0.2) is 42.7 Å². The first kappa shape index (κ1) is 20.5. The zero-order chi connectivity index (χ0) is 18.9. The Morgan fingerprint density at radius 3 is 2.73 bits per heavy atom. The van der Waals surface area contributed by atoms with Crippen molar-refractivity contribution in [2.75, 3.05) is 32.1 Å². The molecular weight excluding hydrogens is 322 g/mol. The predicted octanol–water partition coefficient (Wildman–Crippen LogP) is 5.19. The summed E-state index contributed by atoms with van der Waals surface area (Å²) < 4.78 is 5.43. The van der Waals surface area contributed by atoms with E-state index in [9.17, 15) is 0 Å². The van der Waals surface area contributed by atoms with E-state index in [1.807, 2.05) is 24.4 Å². The molecule has 0 fully saturated rings. The van der Waals surface area contributed by atoms with Gasteiger partial charge in [-0.15, -0.1) is 0 Å². The highest BCUT2D eigenvalue weighted by atomic mass is 16.5. The standard InChI is InChI=1S/C22H35N3O/c1-6-9-18(4)25(16-17(2)3)13-8-12-23-21-15-20(26-5)14-19-10-7-11-24-22(19)21/h7,10-11,14-15,17-18,23H,6,8-9,12-13,16H2,1-5H3. The highest BCUT2D eigenvalue weighted by Gasteiger charge is 2.14. The predicted molar refractivity (Wildman–Crippen MR) is 112 cm³/mol. The number of rotatable bonds is 11. The van der Waals surface area contributed by atoms with Gasteiger partial charge in [0, 0.05) is 43.3 Å². The van der Waals surface area contributed by atoms with Gasteiger partial charge in [0.15, 0.2) is 0 Å². The van der Waals surface area contributed by atoms with Crippen molar-refractivity contribution in [3.05, 3.63) is 30.5 Å². The van der Waals surface area contributed by atoms with E-state index >= 15 is 0 Å². The molecule has 1 aromatic heterocycles. The van der Waals surface area contributed by atoms with Crippen molar-refractivity contribution < 1.29 is 4.74 Å². The second kappa shape index (κ2) is 10.4. The van der Waals surface area contributed by atoms with Gasteiger partial charge in [-0.25, -0.2) is 0 Å². The highest BCUT2D eigenvalue weighted by molar-refractivity contribution is 5.91. The summed E-state index contributed by atoms with van der Waals surface area (Å²) in [5.41, 5.74) is 2.06. The van der Waals surface area contributed by atoms with E-state index in [0.717, 1.165) is 41.9 Å². The summed E-state index contributed by atoms with van der Waals surface area (Å²) in [6.45, 7) is 12.5. The van der Waals surface area contributed by atoms with E-state index < -0.39 is 0 Å². The summed E-state index contributed by atoms with van der Waals surface area (Å²) in [5, 5.41) is 4.68. The van der Waals surface area contributed by atoms with Gasteiger partial charge < -0.3 is 15.0 Å². The number of benzene rings is 1. The van der Waals surface area contributed by atoms with Crippen LogP contribution in [0, 0.1) is 5.92 Å². The molecule has 0 saturated carbocycles. The van der Waals surface area contributed by atoms with E-state index in [0.29, 0.717) is 12.0 Å². The molecule has 0 radical (unpaired) electrons. The van der Waals surface area contributed by atoms with Gasteiger partial charge in [-0.1, -0.05) is 33.3 Å². The molecule has 0 amide bonds. The number of aromatic nitrogens is 1. The number of ether oxygens (including phenoxy) is 1. The molecule has 0 aliphatic heterocycles. The van der Waals surface area contributed by atoms with Crippen LogP contribution in [0.3, 0.4) is 0 Å². The maximum atomic E-state index is 5.43. The van der Waals surface area contributed by atoms with Crippen LogP contribution in [0.1, 0.15) is 47.0 Å².